The number of fused-ring (bicyclic) bond motifs is 4. The molecule has 16 nitrogen and oxygen atoms in total. The lowest BCUT2D eigenvalue weighted by Crippen LogP contribution is -2.40. The van der Waals surface area contributed by atoms with Crippen molar-refractivity contribution in [3.63, 3.8) is 0 Å². The molecule has 6 aromatic rings. The number of halogens is 2. The van der Waals surface area contributed by atoms with Crippen LogP contribution in [0.15, 0.2) is 114 Å². The van der Waals surface area contributed by atoms with Crippen molar-refractivity contribution in [2.45, 2.75) is 90.6 Å². The minimum absolute atomic E-state index is 0.286. The second-order valence-corrected chi connectivity index (χ2v) is 22.1. The van der Waals surface area contributed by atoms with Crippen molar-refractivity contribution in [1.82, 2.24) is 38.9 Å². The van der Waals surface area contributed by atoms with E-state index in [1.165, 1.54) is 11.1 Å². The number of likely N-dealkylation sites (tertiary alicyclic amines) is 2. The van der Waals surface area contributed by atoms with Crippen molar-refractivity contribution < 1.29 is 24.2 Å². The van der Waals surface area contributed by atoms with Crippen LogP contribution in [0.25, 0.3) is 44.9 Å². The lowest BCUT2D eigenvalue weighted by atomic mass is 9.86. The molecule has 2 atom stereocenters. The van der Waals surface area contributed by atoms with Crippen LogP contribution >= 0.6 is 23.2 Å². The van der Waals surface area contributed by atoms with E-state index < -0.39 is 23.3 Å². The monoisotopic (exact) mass is 1060 g/mol. The SMILES string of the molecule is Cn1cncc1C(N=[N+]=[N-])C1=Cc2cccnc2C(=C2CCN(C(=O)OC(C)(C)C)CC2)c2ccc(Cl)cc21.Cn1cncc1C(O)C1=Cc2cccnc2C(=C2CCN(C(=O)OC(C)(C)C)CC2)c2ccc(Cl)cc21. The third-order valence-corrected chi connectivity index (χ3v) is 14.1. The second-order valence-electron chi connectivity index (χ2n) is 21.2. The lowest BCUT2D eigenvalue weighted by Gasteiger charge is -2.32. The summed E-state index contributed by atoms with van der Waals surface area (Å²) >= 11 is 13.0. The maximum Gasteiger partial charge on any atom is 0.410 e. The zero-order valence-corrected chi connectivity index (χ0v) is 45.5. The van der Waals surface area contributed by atoms with Crippen LogP contribution in [-0.2, 0) is 23.6 Å². The van der Waals surface area contributed by atoms with E-state index in [0.29, 0.717) is 67.6 Å². The average molecular weight is 1060 g/mol. The minimum Gasteiger partial charge on any atom is -0.444 e. The molecule has 2 saturated heterocycles. The highest BCUT2D eigenvalue weighted by Crippen LogP contribution is 2.47. The van der Waals surface area contributed by atoms with Gasteiger partial charge in [-0.05, 0) is 155 Å². The van der Waals surface area contributed by atoms with E-state index in [2.05, 4.69) is 20.0 Å². The Morgan fingerprint density at radius 3 is 1.51 bits per heavy atom. The molecule has 6 heterocycles. The summed E-state index contributed by atoms with van der Waals surface area (Å²) in [5, 5.41) is 16.9. The third-order valence-electron chi connectivity index (χ3n) is 13.7. The first kappa shape index (κ1) is 53.3. The normalized spacial score (nSPS) is 16.2. The zero-order valence-electron chi connectivity index (χ0n) is 44.0. The minimum atomic E-state index is -0.906. The molecule has 0 bridgehead atoms. The number of aromatic nitrogens is 6. The van der Waals surface area contributed by atoms with Crippen LogP contribution in [-0.4, -0.2) is 93.5 Å². The summed E-state index contributed by atoms with van der Waals surface area (Å²) in [6.45, 7) is 13.5. The summed E-state index contributed by atoms with van der Waals surface area (Å²) in [7, 11) is 3.74. The fourth-order valence-electron chi connectivity index (χ4n) is 10.2. The highest BCUT2D eigenvalue weighted by Gasteiger charge is 2.34. The molecule has 2 unspecified atom stereocenters. The first-order valence-corrected chi connectivity index (χ1v) is 26.0. The number of hydrogen-bond acceptors (Lipinski definition) is 10. The van der Waals surface area contributed by atoms with Crippen LogP contribution < -0.4 is 0 Å². The Hall–Kier alpha value is -7.49. The molecule has 76 heavy (non-hydrogen) atoms. The second kappa shape index (κ2) is 22.0. The van der Waals surface area contributed by atoms with Gasteiger partial charge in [-0.2, -0.15) is 0 Å². The molecule has 10 rings (SSSR count). The molecule has 392 valence electrons. The molecular weight excluding hydrogens is 1000 g/mol. The van der Waals surface area contributed by atoms with Crippen LogP contribution in [0.4, 0.5) is 9.59 Å². The quantitative estimate of drug-likeness (QED) is 0.0995. The topological polar surface area (TPSA) is 189 Å². The number of aliphatic hydroxyl groups is 1. The van der Waals surface area contributed by atoms with E-state index >= 15 is 0 Å². The van der Waals surface area contributed by atoms with Gasteiger partial charge in [-0.25, -0.2) is 19.6 Å². The molecule has 18 heteroatoms. The molecule has 0 saturated carbocycles. The van der Waals surface area contributed by atoms with E-state index in [1.54, 1.807) is 47.2 Å². The molecule has 0 spiro atoms. The number of aliphatic hydroxyl groups excluding tert-OH is 1. The van der Waals surface area contributed by atoms with Crippen molar-refractivity contribution in [3.8, 4) is 0 Å². The predicted octanol–water partition coefficient (Wildman–Crippen LogP) is 13.1. The Morgan fingerprint density at radius 1 is 0.658 bits per heavy atom. The maximum atomic E-state index is 12.7. The van der Waals surface area contributed by atoms with Crippen LogP contribution in [0.2, 0.25) is 10.0 Å². The van der Waals surface area contributed by atoms with Gasteiger partial charge in [0.2, 0.25) is 0 Å². The number of ether oxygens (including phenoxy) is 2. The van der Waals surface area contributed by atoms with Crippen LogP contribution in [0, 0.1) is 0 Å². The van der Waals surface area contributed by atoms with E-state index in [1.807, 2.05) is 138 Å². The third kappa shape index (κ3) is 11.5. The van der Waals surface area contributed by atoms with Crippen molar-refractivity contribution >= 4 is 69.8 Å². The Labute approximate surface area is 452 Å². The first-order valence-electron chi connectivity index (χ1n) is 25.3. The molecule has 2 fully saturated rings. The lowest BCUT2D eigenvalue weighted by molar-refractivity contribution is 0.0226. The highest BCUT2D eigenvalue weighted by molar-refractivity contribution is 6.31. The Morgan fingerprint density at radius 2 is 1.09 bits per heavy atom. The van der Waals surface area contributed by atoms with Gasteiger partial charge in [-0.15, -0.1) is 0 Å². The number of piperidine rings is 2. The summed E-state index contributed by atoms with van der Waals surface area (Å²) in [5.74, 6) is 0. The fourth-order valence-corrected chi connectivity index (χ4v) is 10.5. The van der Waals surface area contributed by atoms with Crippen molar-refractivity contribution in [3.05, 3.63) is 186 Å². The van der Waals surface area contributed by atoms with Gasteiger partial charge < -0.3 is 33.5 Å². The fraction of sp³-hybridized carbons (Fsp3) is 0.345. The van der Waals surface area contributed by atoms with Crippen molar-refractivity contribution in [1.29, 1.82) is 0 Å². The largest absolute Gasteiger partial charge is 0.444 e. The Bertz CT molecular complexity index is 3390. The molecule has 2 aliphatic heterocycles. The summed E-state index contributed by atoms with van der Waals surface area (Å²) in [5.41, 5.74) is 23.1. The van der Waals surface area contributed by atoms with Crippen LogP contribution in [0.5, 0.6) is 0 Å². The van der Waals surface area contributed by atoms with Gasteiger partial charge in [0.05, 0.1) is 41.6 Å². The number of pyridine rings is 2. The van der Waals surface area contributed by atoms with E-state index in [4.69, 9.17) is 42.6 Å². The Balaban J connectivity index is 0.000000186. The summed E-state index contributed by atoms with van der Waals surface area (Å²) in [4.78, 5) is 50.1. The average Bonchev–Trinajstić information content (AvgIpc) is 3.95. The van der Waals surface area contributed by atoms with E-state index in [9.17, 15) is 20.2 Å². The summed E-state index contributed by atoms with van der Waals surface area (Å²) in [6.07, 6.45) is 15.6. The summed E-state index contributed by atoms with van der Waals surface area (Å²) in [6, 6.07) is 18.8. The number of aryl methyl sites for hydroxylation is 2. The maximum absolute atomic E-state index is 12.7. The first-order chi connectivity index (χ1) is 36.3. The number of nitrogens with zero attached hydrogens (tertiary/aromatic N) is 11. The molecule has 4 aromatic heterocycles. The number of carbonyl (C=O) groups is 2. The molecule has 2 aliphatic carbocycles. The number of hydrogen-bond donors (Lipinski definition) is 1. The van der Waals surface area contributed by atoms with Gasteiger partial charge in [0, 0.05) is 96.1 Å². The molecule has 4 aliphatic rings. The van der Waals surface area contributed by atoms with Gasteiger partial charge in [-0.1, -0.05) is 63.7 Å². The molecule has 2 amide bonds. The molecule has 1 N–H and O–H groups in total. The number of imidazole rings is 2. The van der Waals surface area contributed by atoms with Gasteiger partial charge in [-0.3, -0.25) is 9.97 Å². The number of amides is 2. The van der Waals surface area contributed by atoms with Crippen molar-refractivity contribution in [2.75, 3.05) is 26.2 Å². The van der Waals surface area contributed by atoms with Crippen LogP contribution in [0.3, 0.4) is 0 Å². The number of azide groups is 1. The highest BCUT2D eigenvalue weighted by atomic mass is 35.5. The standard InChI is InChI=1S/C29H30ClN7O2.C29H31ClN4O3/c1-29(2,3)39-28(38)37-12-9-18(10-13-37)25-21-8-7-20(30)15-22(21)23(14-19-6-5-11-33-26(19)25)27(34-35-31)24-16-32-17-36(24)4;1-29(2,3)37-28(36)34-12-9-18(10-13-34)25-21-8-7-20(30)15-22(21)23(14-19-6-5-11-32-26(19)25)27(35)24-16-31-17-33(24)4/h5-8,11,14-17,27H,9-10,12-13H2,1-4H3;5-8,11,14-17,27,35H,9-10,12-13H2,1-4H3. The number of carbonyl (C=O) groups excluding carboxylic acids is 2. The number of rotatable bonds is 5. The number of benzene rings is 2. The predicted molar refractivity (Wildman–Crippen MR) is 297 cm³/mol. The zero-order chi connectivity index (χ0) is 54.1. The van der Waals surface area contributed by atoms with Gasteiger partial charge in [0.1, 0.15) is 23.3 Å². The van der Waals surface area contributed by atoms with E-state index in [0.717, 1.165) is 72.8 Å². The molecular formula is C58H61Cl2N11O5. The Kier molecular flexibility index (Phi) is 15.4. The van der Waals surface area contributed by atoms with E-state index in [-0.39, 0.29) is 12.2 Å². The molecule has 2 aromatic carbocycles. The summed E-state index contributed by atoms with van der Waals surface area (Å²) < 4.78 is 14.9. The smallest absolute Gasteiger partial charge is 0.410 e. The van der Waals surface area contributed by atoms with Gasteiger partial charge in [0.25, 0.3) is 0 Å². The van der Waals surface area contributed by atoms with Crippen LogP contribution in [0.1, 0.15) is 136 Å². The van der Waals surface area contributed by atoms with Gasteiger partial charge in [0.15, 0.2) is 0 Å². The molecule has 0 radical (unpaired) electrons. The van der Waals surface area contributed by atoms with Crippen molar-refractivity contribution in [2.24, 2.45) is 19.2 Å². The van der Waals surface area contributed by atoms with Gasteiger partial charge >= 0.3 is 12.2 Å².